The number of alkyl halides is 3. The molecule has 70 valence electrons. The Morgan fingerprint density at radius 3 is 2.00 bits per heavy atom. The van der Waals surface area contributed by atoms with Gasteiger partial charge in [0.1, 0.15) is 0 Å². The molecule has 11 heavy (non-hydrogen) atoms. The van der Waals surface area contributed by atoms with Crippen LogP contribution in [-0.2, 0) is 4.52 Å². The summed E-state index contributed by atoms with van der Waals surface area (Å²) in [5.41, 5.74) is -0.370. The first-order valence-corrected chi connectivity index (χ1v) is 6.84. The summed E-state index contributed by atoms with van der Waals surface area (Å²) in [5, 5.41) is 0. The number of halogens is 3. The van der Waals surface area contributed by atoms with E-state index in [0.29, 0.717) is 0 Å². The van der Waals surface area contributed by atoms with E-state index in [1.165, 1.54) is 0 Å². The predicted molar refractivity (Wildman–Crippen MR) is 49.5 cm³/mol. The summed E-state index contributed by atoms with van der Waals surface area (Å²) in [6.07, 6.45) is -0.0661. The third kappa shape index (κ3) is 4.09. The SMILES string of the molecule is OP(O)(CCl)(CCCl)OCCl. The molecule has 0 saturated carbocycles. The van der Waals surface area contributed by atoms with Gasteiger partial charge in [0.2, 0.25) is 0 Å². The average molecular weight is 243 g/mol. The van der Waals surface area contributed by atoms with Gasteiger partial charge in [-0.1, -0.05) is 0 Å². The van der Waals surface area contributed by atoms with E-state index in [0.717, 1.165) is 0 Å². The van der Waals surface area contributed by atoms with Crippen molar-refractivity contribution in [1.29, 1.82) is 0 Å². The molecule has 0 aromatic rings. The Kier molecular flexibility index (Phi) is 4.90. The van der Waals surface area contributed by atoms with E-state index in [-0.39, 0.29) is 23.7 Å². The summed E-state index contributed by atoms with van der Waals surface area (Å²) in [5.74, 6) is 0.0778. The molecule has 0 bridgehead atoms. The van der Waals surface area contributed by atoms with Crippen molar-refractivity contribution < 1.29 is 14.3 Å². The number of hydrogen-bond acceptors (Lipinski definition) is 3. The number of hydrogen-bond donors (Lipinski definition) is 2. The second kappa shape index (κ2) is 4.43. The first-order chi connectivity index (χ1) is 4.96. The second-order valence-corrected chi connectivity index (χ2v) is 6.93. The molecule has 2 N–H and O–H groups in total. The molecule has 0 rings (SSSR count). The minimum atomic E-state index is -4.18. The molecule has 0 saturated heterocycles. The maximum absolute atomic E-state index is 9.45. The van der Waals surface area contributed by atoms with Crippen molar-refractivity contribution in [3.8, 4) is 0 Å². The van der Waals surface area contributed by atoms with E-state index in [2.05, 4.69) is 4.52 Å². The van der Waals surface area contributed by atoms with Crippen LogP contribution in [0.2, 0.25) is 0 Å². The van der Waals surface area contributed by atoms with Crippen molar-refractivity contribution in [2.24, 2.45) is 0 Å². The second-order valence-electron chi connectivity index (χ2n) is 2.07. The molecule has 0 aromatic carbocycles. The Labute approximate surface area is 80.4 Å². The van der Waals surface area contributed by atoms with Crippen LogP contribution in [0.25, 0.3) is 0 Å². The summed E-state index contributed by atoms with van der Waals surface area (Å²) in [4.78, 5) is 18.9. The van der Waals surface area contributed by atoms with Crippen molar-refractivity contribution in [3.63, 3.8) is 0 Å². The molecule has 0 aliphatic rings. The van der Waals surface area contributed by atoms with Crippen molar-refractivity contribution in [2.75, 3.05) is 23.7 Å². The van der Waals surface area contributed by atoms with E-state index < -0.39 is 7.28 Å². The molecule has 0 aromatic heterocycles. The molecule has 0 atom stereocenters. The molecular formula is C4H10Cl3O3P. The van der Waals surface area contributed by atoms with Gasteiger partial charge in [-0.15, -0.1) is 0 Å². The summed E-state index contributed by atoms with van der Waals surface area (Å²) in [7, 11) is -4.18. The van der Waals surface area contributed by atoms with E-state index in [4.69, 9.17) is 34.8 Å². The Hall–Kier alpha value is 1.18. The minimum absolute atomic E-state index is 0.0661. The van der Waals surface area contributed by atoms with Crippen LogP contribution in [0.15, 0.2) is 0 Å². The zero-order valence-electron chi connectivity index (χ0n) is 5.71. The van der Waals surface area contributed by atoms with Gasteiger partial charge < -0.3 is 0 Å². The van der Waals surface area contributed by atoms with Gasteiger partial charge in [0.05, 0.1) is 0 Å². The monoisotopic (exact) mass is 242 g/mol. The molecule has 0 spiro atoms. The normalized spacial score (nSPS) is 15.9. The molecule has 0 unspecified atom stereocenters. The van der Waals surface area contributed by atoms with E-state index >= 15 is 0 Å². The Balaban J connectivity index is 4.23. The van der Waals surface area contributed by atoms with Crippen LogP contribution in [0.4, 0.5) is 0 Å². The molecule has 0 amide bonds. The fourth-order valence-corrected chi connectivity index (χ4v) is 3.58. The van der Waals surface area contributed by atoms with Gasteiger partial charge in [-0.25, -0.2) is 0 Å². The van der Waals surface area contributed by atoms with Gasteiger partial charge in [-0.3, -0.25) is 0 Å². The summed E-state index contributed by atoms with van der Waals surface area (Å²) in [6, 6.07) is -0.297. The molecule has 0 aliphatic carbocycles. The predicted octanol–water partition coefficient (Wildman–Crippen LogP) is 1.92. The Morgan fingerprint density at radius 1 is 1.18 bits per heavy atom. The molecule has 0 fully saturated rings. The third-order valence-electron chi connectivity index (χ3n) is 1.12. The molecule has 3 nitrogen and oxygen atoms in total. The summed E-state index contributed by atoms with van der Waals surface area (Å²) >= 11 is 15.8. The van der Waals surface area contributed by atoms with Crippen molar-refractivity contribution in [2.45, 2.75) is 0 Å². The molecule has 0 aliphatic heterocycles. The molecule has 0 radical (unpaired) electrons. The van der Waals surface area contributed by atoms with Crippen LogP contribution in [0.3, 0.4) is 0 Å². The van der Waals surface area contributed by atoms with Crippen LogP contribution in [0, 0.1) is 0 Å². The van der Waals surface area contributed by atoms with Crippen LogP contribution in [0.5, 0.6) is 0 Å². The molecule has 7 heteroatoms. The fraction of sp³-hybridized carbons (Fsp3) is 1.00. The zero-order valence-corrected chi connectivity index (χ0v) is 8.87. The molecule has 0 heterocycles. The summed E-state index contributed by atoms with van der Waals surface area (Å²) in [6.45, 7) is 0. The van der Waals surface area contributed by atoms with Crippen LogP contribution in [-0.4, -0.2) is 33.5 Å². The molecular weight excluding hydrogens is 233 g/mol. The first-order valence-electron chi connectivity index (χ1n) is 2.81. The quantitative estimate of drug-likeness (QED) is 0.573. The van der Waals surface area contributed by atoms with Gasteiger partial charge in [-0.05, 0) is 0 Å². The van der Waals surface area contributed by atoms with Crippen LogP contribution >= 0.6 is 42.1 Å². The average Bonchev–Trinajstić information content (AvgIpc) is 1.89. The van der Waals surface area contributed by atoms with E-state index in [1.54, 1.807) is 0 Å². The third-order valence-corrected chi connectivity index (χ3v) is 5.60. The number of rotatable bonds is 5. The first kappa shape index (κ1) is 12.2. The topological polar surface area (TPSA) is 49.7 Å². The maximum atomic E-state index is 9.45. The van der Waals surface area contributed by atoms with Crippen molar-refractivity contribution >= 4 is 42.1 Å². The Bertz CT molecular complexity index is 122. The van der Waals surface area contributed by atoms with Gasteiger partial charge in [0.15, 0.2) is 0 Å². The van der Waals surface area contributed by atoms with E-state index in [9.17, 15) is 9.79 Å². The van der Waals surface area contributed by atoms with Gasteiger partial charge >= 0.3 is 80.1 Å². The van der Waals surface area contributed by atoms with Gasteiger partial charge in [0.25, 0.3) is 0 Å². The zero-order chi connectivity index (χ0) is 8.98. The Morgan fingerprint density at radius 2 is 1.73 bits per heavy atom. The van der Waals surface area contributed by atoms with Crippen LogP contribution in [0.1, 0.15) is 0 Å². The van der Waals surface area contributed by atoms with Gasteiger partial charge in [0, 0.05) is 0 Å². The van der Waals surface area contributed by atoms with Crippen molar-refractivity contribution in [3.05, 3.63) is 0 Å². The standard InChI is InChI=1S/C4H10Cl3O3P/c5-1-2-11(8,9,4-7)10-3-6/h8-9H,1-4H2. The van der Waals surface area contributed by atoms with Crippen molar-refractivity contribution in [1.82, 2.24) is 0 Å². The fourth-order valence-electron chi connectivity index (χ4n) is 0.441. The van der Waals surface area contributed by atoms with Gasteiger partial charge in [-0.2, -0.15) is 0 Å². The van der Waals surface area contributed by atoms with Crippen LogP contribution < -0.4 is 0 Å². The van der Waals surface area contributed by atoms with E-state index in [1.807, 2.05) is 0 Å². The summed E-state index contributed by atoms with van der Waals surface area (Å²) < 4.78 is 4.60.